The minimum absolute atomic E-state index is 0.750. The van der Waals surface area contributed by atoms with Crippen molar-refractivity contribution in [2.24, 2.45) is 5.73 Å². The highest BCUT2D eigenvalue weighted by atomic mass is 16.8. The first kappa shape index (κ1) is 37.0. The fourth-order valence-electron chi connectivity index (χ4n) is 5.58. The summed E-state index contributed by atoms with van der Waals surface area (Å²) in [6.45, 7) is -3.30. The molecule has 45 heavy (non-hydrogen) atoms. The molecule has 4 fully saturated rings. The molecule has 0 aromatic rings. The summed E-state index contributed by atoms with van der Waals surface area (Å²) < 4.78 is 38.1. The van der Waals surface area contributed by atoms with Gasteiger partial charge in [0.2, 0.25) is 0 Å². The highest BCUT2D eigenvalue weighted by molar-refractivity contribution is 4.98. The lowest BCUT2D eigenvalue weighted by Crippen LogP contribution is -2.68. The Bertz CT molecular complexity index is 918. The number of aliphatic hydroxyl groups excluding tert-OH is 13. The Hall–Kier alpha value is -0.840. The fourth-order valence-corrected chi connectivity index (χ4v) is 5.58. The first-order chi connectivity index (χ1) is 21.3. The van der Waals surface area contributed by atoms with Gasteiger partial charge in [0.1, 0.15) is 91.6 Å². The van der Waals surface area contributed by atoms with Crippen molar-refractivity contribution in [1.29, 1.82) is 0 Å². The van der Waals surface area contributed by atoms with Gasteiger partial charge in [-0.15, -0.1) is 0 Å². The van der Waals surface area contributed by atoms with Crippen molar-refractivity contribution in [2.75, 3.05) is 26.4 Å². The van der Waals surface area contributed by atoms with E-state index in [2.05, 4.69) is 0 Å². The van der Waals surface area contributed by atoms with Crippen molar-refractivity contribution in [3.63, 3.8) is 0 Å². The van der Waals surface area contributed by atoms with Crippen LogP contribution in [0.2, 0.25) is 0 Å². The van der Waals surface area contributed by atoms with Crippen LogP contribution in [0, 0.1) is 0 Å². The molecule has 4 aliphatic rings. The monoisotopic (exact) mass is 665 g/mol. The van der Waals surface area contributed by atoms with Crippen LogP contribution in [-0.2, 0) is 33.2 Å². The molecule has 21 heteroatoms. The van der Waals surface area contributed by atoms with Gasteiger partial charge >= 0.3 is 0 Å². The zero-order chi connectivity index (χ0) is 33.3. The van der Waals surface area contributed by atoms with E-state index in [9.17, 15) is 66.4 Å². The Morgan fingerprint density at radius 1 is 0.400 bits per heavy atom. The maximum Gasteiger partial charge on any atom is 0.187 e. The van der Waals surface area contributed by atoms with Crippen LogP contribution in [0.5, 0.6) is 0 Å². The summed E-state index contributed by atoms with van der Waals surface area (Å²) >= 11 is 0. The molecule has 0 saturated carbocycles. The molecule has 1 unspecified atom stereocenters. The number of rotatable bonds is 10. The first-order valence-corrected chi connectivity index (χ1v) is 14.2. The second kappa shape index (κ2) is 15.6. The number of ether oxygens (including phenoxy) is 7. The zero-order valence-electron chi connectivity index (χ0n) is 23.6. The van der Waals surface area contributed by atoms with Crippen LogP contribution in [0.15, 0.2) is 0 Å². The predicted molar refractivity (Wildman–Crippen MR) is 136 cm³/mol. The predicted octanol–water partition coefficient (Wildman–Crippen LogP) is -9.78. The second-order valence-corrected chi connectivity index (χ2v) is 11.2. The highest BCUT2D eigenvalue weighted by Crippen LogP contribution is 2.34. The van der Waals surface area contributed by atoms with Crippen LogP contribution in [0.25, 0.3) is 0 Å². The molecule has 0 aliphatic carbocycles. The Kier molecular flexibility index (Phi) is 12.8. The van der Waals surface area contributed by atoms with Gasteiger partial charge < -0.3 is 105 Å². The third-order valence-electron chi connectivity index (χ3n) is 8.28. The summed E-state index contributed by atoms with van der Waals surface area (Å²) in [5.74, 6) is 0. The van der Waals surface area contributed by atoms with Crippen molar-refractivity contribution < 1.29 is 99.5 Å². The number of hydrogen-bond acceptors (Lipinski definition) is 21. The first-order valence-electron chi connectivity index (χ1n) is 14.2. The molecule has 0 aromatic carbocycles. The highest BCUT2D eigenvalue weighted by Gasteiger charge is 2.55. The van der Waals surface area contributed by atoms with Crippen molar-refractivity contribution >= 4 is 0 Å². The Labute approximate surface area is 255 Å². The number of hydrogen-bond donors (Lipinski definition) is 14. The SMILES string of the molecule is N[C@H]1[C@H](O[C@H]2[C@@H](O)[C@@H](CO)O[C@H](O[C@@H]3[C@H](O)[C@@H](O)[C@H](O[C@H]4[C@H](O)[C@@H](O)C(O)O[C@@H]4CO)O[C@@H]3CO)[C@@H]2O)O[C@H](CO)[C@H](O)[C@@H]1O. The smallest absolute Gasteiger partial charge is 0.187 e. The van der Waals surface area contributed by atoms with Crippen molar-refractivity contribution in [3.05, 3.63) is 0 Å². The lowest BCUT2D eigenvalue weighted by atomic mass is 9.95. The molecule has 15 N–H and O–H groups in total. The fraction of sp³-hybridized carbons (Fsp3) is 1.00. The van der Waals surface area contributed by atoms with E-state index < -0.39 is 149 Å². The van der Waals surface area contributed by atoms with E-state index in [1.165, 1.54) is 0 Å². The Balaban J connectivity index is 1.48. The van der Waals surface area contributed by atoms with Crippen LogP contribution in [0.1, 0.15) is 0 Å². The third-order valence-corrected chi connectivity index (χ3v) is 8.28. The lowest BCUT2D eigenvalue weighted by Gasteiger charge is -2.49. The molecular formula is C24H43NO20. The molecule has 0 bridgehead atoms. The number of nitrogens with two attached hydrogens (primary N) is 1. The molecule has 20 atom stereocenters. The normalized spacial score (nSPS) is 52.9. The Morgan fingerprint density at radius 2 is 0.822 bits per heavy atom. The van der Waals surface area contributed by atoms with Crippen LogP contribution in [-0.4, -0.2) is 216 Å². The van der Waals surface area contributed by atoms with E-state index in [1.54, 1.807) is 0 Å². The van der Waals surface area contributed by atoms with E-state index in [4.69, 9.17) is 38.9 Å². The summed E-state index contributed by atoms with van der Waals surface area (Å²) in [4.78, 5) is 0. The molecule has 0 spiro atoms. The maximum absolute atomic E-state index is 11.1. The van der Waals surface area contributed by atoms with Gasteiger partial charge in [-0.3, -0.25) is 0 Å². The third kappa shape index (κ3) is 7.44. The Morgan fingerprint density at radius 3 is 1.38 bits per heavy atom. The second-order valence-electron chi connectivity index (χ2n) is 11.2. The maximum atomic E-state index is 11.1. The van der Waals surface area contributed by atoms with E-state index in [-0.39, 0.29) is 0 Å². The number of aliphatic hydroxyl groups is 13. The van der Waals surface area contributed by atoms with Crippen molar-refractivity contribution in [1.82, 2.24) is 0 Å². The van der Waals surface area contributed by atoms with E-state index in [1.807, 2.05) is 0 Å². The summed E-state index contributed by atoms with van der Waals surface area (Å²) in [7, 11) is 0. The van der Waals surface area contributed by atoms with Crippen LogP contribution >= 0.6 is 0 Å². The molecular weight excluding hydrogens is 622 g/mol. The van der Waals surface area contributed by atoms with Crippen molar-refractivity contribution in [2.45, 2.75) is 123 Å². The van der Waals surface area contributed by atoms with E-state index in [0.717, 1.165) is 0 Å². The molecule has 0 amide bonds. The van der Waals surface area contributed by atoms with Crippen molar-refractivity contribution in [3.8, 4) is 0 Å². The van der Waals surface area contributed by atoms with Crippen LogP contribution in [0.3, 0.4) is 0 Å². The molecule has 4 saturated heterocycles. The molecule has 4 aliphatic heterocycles. The van der Waals surface area contributed by atoms with Crippen LogP contribution in [0.4, 0.5) is 0 Å². The summed E-state index contributed by atoms with van der Waals surface area (Å²) in [5, 5.41) is 133. The van der Waals surface area contributed by atoms with Gasteiger partial charge in [-0.2, -0.15) is 0 Å². The summed E-state index contributed by atoms with van der Waals surface area (Å²) in [6.07, 6.45) is -32.6. The molecule has 264 valence electrons. The van der Waals surface area contributed by atoms with Gasteiger partial charge in [0.05, 0.1) is 32.5 Å². The van der Waals surface area contributed by atoms with E-state index >= 15 is 0 Å². The van der Waals surface area contributed by atoms with Gasteiger partial charge in [-0.25, -0.2) is 0 Å². The molecule has 21 nitrogen and oxygen atoms in total. The molecule has 0 radical (unpaired) electrons. The summed E-state index contributed by atoms with van der Waals surface area (Å²) in [5.41, 5.74) is 5.88. The van der Waals surface area contributed by atoms with Gasteiger partial charge in [0.25, 0.3) is 0 Å². The van der Waals surface area contributed by atoms with Crippen LogP contribution < -0.4 is 5.73 Å². The van der Waals surface area contributed by atoms with Gasteiger partial charge in [-0.05, 0) is 0 Å². The largest absolute Gasteiger partial charge is 0.394 e. The molecule has 4 rings (SSSR count). The van der Waals surface area contributed by atoms with Gasteiger partial charge in [-0.1, -0.05) is 0 Å². The minimum atomic E-state index is -2.00. The molecule has 4 heterocycles. The summed E-state index contributed by atoms with van der Waals surface area (Å²) in [6, 6.07) is -1.43. The quantitative estimate of drug-likeness (QED) is 0.103. The molecule has 0 aromatic heterocycles. The van der Waals surface area contributed by atoms with E-state index in [0.29, 0.717) is 0 Å². The minimum Gasteiger partial charge on any atom is -0.394 e. The average molecular weight is 666 g/mol. The van der Waals surface area contributed by atoms with Gasteiger partial charge in [0, 0.05) is 0 Å². The van der Waals surface area contributed by atoms with Gasteiger partial charge in [0.15, 0.2) is 25.2 Å². The zero-order valence-corrected chi connectivity index (χ0v) is 23.6. The topological polar surface area (TPSA) is 354 Å². The average Bonchev–Trinajstić information content (AvgIpc) is 3.03. The lowest BCUT2D eigenvalue weighted by molar-refractivity contribution is -0.385. The standard InChI is InChI=1S/C24H43NO20/c25-9-12(32)10(30)5(1-26)40-22(9)45-20-11(31)6(2-27)41-24(17(20)37)44-19-8(4-29)42-23(16(36)14(19)34)43-18-7(3-28)39-21(38)15(35)13(18)33/h5-24,26-38H,1-4,25H2/t5-,6-,7-,8-,9-,10+,11+,12-,13-,14-,15-,16-,17-,18-,19+,20+,21?,22+,23+,24-/m1/s1.